The highest BCUT2D eigenvalue weighted by Gasteiger charge is 2.39. The zero-order valence-electron chi connectivity index (χ0n) is 6.62. The monoisotopic (exact) mass is 166 g/mol. The van der Waals surface area contributed by atoms with Crippen LogP contribution in [0.5, 0.6) is 0 Å². The molecule has 2 aliphatic rings. The SMILES string of the molecule is O=C(O)C#C[C@@H]1C[C@H]2CC[C@@H]1O2. The van der Waals surface area contributed by atoms with Crippen molar-refractivity contribution < 1.29 is 14.6 Å². The summed E-state index contributed by atoms with van der Waals surface area (Å²) in [6.45, 7) is 0. The Morgan fingerprint density at radius 2 is 2.33 bits per heavy atom. The van der Waals surface area contributed by atoms with E-state index in [1.165, 1.54) is 0 Å². The molecule has 0 unspecified atom stereocenters. The lowest BCUT2D eigenvalue weighted by Gasteiger charge is -2.10. The van der Waals surface area contributed by atoms with E-state index in [1.807, 2.05) is 0 Å². The molecule has 3 nitrogen and oxygen atoms in total. The van der Waals surface area contributed by atoms with Gasteiger partial charge in [-0.15, -0.1) is 0 Å². The lowest BCUT2D eigenvalue weighted by Crippen LogP contribution is -2.14. The molecule has 3 atom stereocenters. The van der Waals surface area contributed by atoms with Crippen LogP contribution in [-0.4, -0.2) is 23.3 Å². The summed E-state index contributed by atoms with van der Waals surface area (Å²) in [5, 5.41) is 8.33. The molecule has 64 valence electrons. The summed E-state index contributed by atoms with van der Waals surface area (Å²) in [5.41, 5.74) is 0. The molecule has 0 aromatic rings. The highest BCUT2D eigenvalue weighted by molar-refractivity contribution is 5.86. The third-order valence-corrected chi connectivity index (χ3v) is 2.47. The fourth-order valence-electron chi connectivity index (χ4n) is 1.94. The second-order valence-corrected chi connectivity index (χ2v) is 3.29. The van der Waals surface area contributed by atoms with E-state index in [1.54, 1.807) is 0 Å². The van der Waals surface area contributed by atoms with Crippen molar-refractivity contribution in [3.63, 3.8) is 0 Å². The minimum atomic E-state index is -1.04. The first-order chi connectivity index (χ1) is 5.75. The highest BCUT2D eigenvalue weighted by Crippen LogP contribution is 2.38. The molecule has 0 amide bonds. The number of hydrogen-bond acceptors (Lipinski definition) is 2. The van der Waals surface area contributed by atoms with E-state index >= 15 is 0 Å². The van der Waals surface area contributed by atoms with E-state index in [2.05, 4.69) is 11.8 Å². The van der Waals surface area contributed by atoms with Crippen LogP contribution >= 0.6 is 0 Å². The Hall–Kier alpha value is -1.01. The Labute approximate surface area is 70.7 Å². The lowest BCUT2D eigenvalue weighted by atomic mass is 9.90. The topological polar surface area (TPSA) is 46.5 Å². The van der Waals surface area contributed by atoms with E-state index in [9.17, 15) is 4.79 Å². The molecule has 12 heavy (non-hydrogen) atoms. The van der Waals surface area contributed by atoms with Gasteiger partial charge in [-0.2, -0.15) is 0 Å². The van der Waals surface area contributed by atoms with Gasteiger partial charge in [0, 0.05) is 11.8 Å². The molecule has 0 aliphatic carbocycles. The van der Waals surface area contributed by atoms with Crippen molar-refractivity contribution in [2.75, 3.05) is 0 Å². The molecule has 0 saturated carbocycles. The smallest absolute Gasteiger partial charge is 0.381 e. The summed E-state index contributed by atoms with van der Waals surface area (Å²) in [6.07, 6.45) is 3.65. The number of ether oxygens (including phenoxy) is 1. The number of aliphatic carboxylic acids is 1. The maximum Gasteiger partial charge on any atom is 0.381 e. The first-order valence-electron chi connectivity index (χ1n) is 4.15. The molecule has 0 aromatic heterocycles. The Morgan fingerprint density at radius 3 is 2.83 bits per heavy atom. The minimum absolute atomic E-state index is 0.167. The largest absolute Gasteiger partial charge is 0.472 e. The number of rotatable bonds is 0. The third-order valence-electron chi connectivity index (χ3n) is 2.47. The molecule has 2 rings (SSSR count). The van der Waals surface area contributed by atoms with E-state index in [0.29, 0.717) is 6.10 Å². The minimum Gasteiger partial charge on any atom is -0.472 e. The van der Waals surface area contributed by atoms with E-state index in [4.69, 9.17) is 9.84 Å². The van der Waals surface area contributed by atoms with Gasteiger partial charge >= 0.3 is 5.97 Å². The van der Waals surface area contributed by atoms with Crippen LogP contribution in [0.4, 0.5) is 0 Å². The van der Waals surface area contributed by atoms with Crippen molar-refractivity contribution in [1.29, 1.82) is 0 Å². The number of hydrogen-bond donors (Lipinski definition) is 1. The van der Waals surface area contributed by atoms with Gasteiger partial charge in [-0.1, -0.05) is 5.92 Å². The van der Waals surface area contributed by atoms with Crippen molar-refractivity contribution in [1.82, 2.24) is 0 Å². The van der Waals surface area contributed by atoms with Crippen molar-refractivity contribution in [3.05, 3.63) is 0 Å². The fourth-order valence-corrected chi connectivity index (χ4v) is 1.94. The lowest BCUT2D eigenvalue weighted by molar-refractivity contribution is -0.130. The van der Waals surface area contributed by atoms with Crippen molar-refractivity contribution in [2.24, 2.45) is 5.92 Å². The van der Waals surface area contributed by atoms with Gasteiger partial charge in [0.25, 0.3) is 0 Å². The molecule has 1 N–H and O–H groups in total. The van der Waals surface area contributed by atoms with Crippen LogP contribution in [0.25, 0.3) is 0 Å². The molecule has 2 heterocycles. The Morgan fingerprint density at radius 1 is 1.50 bits per heavy atom. The average Bonchev–Trinajstić information content (AvgIpc) is 2.60. The first-order valence-corrected chi connectivity index (χ1v) is 4.15. The van der Waals surface area contributed by atoms with Crippen LogP contribution in [0.3, 0.4) is 0 Å². The molecule has 2 bridgehead atoms. The molecule has 0 spiro atoms. The fraction of sp³-hybridized carbons (Fsp3) is 0.667. The van der Waals surface area contributed by atoms with Crippen LogP contribution in [0.15, 0.2) is 0 Å². The number of fused-ring (bicyclic) bond motifs is 2. The molecular weight excluding hydrogens is 156 g/mol. The van der Waals surface area contributed by atoms with Crippen molar-refractivity contribution in [3.8, 4) is 11.8 Å². The summed E-state index contributed by atoms with van der Waals surface area (Å²) >= 11 is 0. The van der Waals surface area contributed by atoms with Gasteiger partial charge in [0.2, 0.25) is 0 Å². The zero-order valence-corrected chi connectivity index (χ0v) is 6.62. The van der Waals surface area contributed by atoms with E-state index in [0.717, 1.165) is 19.3 Å². The molecule has 2 saturated heterocycles. The first kappa shape index (κ1) is 7.63. The second kappa shape index (κ2) is 2.80. The standard InChI is InChI=1S/C9H10O3/c10-9(11)4-1-6-5-7-2-3-8(6)12-7/h6-8H,2-3,5H2,(H,10,11)/t6-,7-,8+/m1/s1. The van der Waals surface area contributed by atoms with Gasteiger partial charge < -0.3 is 9.84 Å². The molecule has 2 aliphatic heterocycles. The molecule has 2 fully saturated rings. The van der Waals surface area contributed by atoms with Gasteiger partial charge in [-0.3, -0.25) is 0 Å². The van der Waals surface area contributed by atoms with Gasteiger partial charge in [0.05, 0.1) is 12.2 Å². The molecule has 0 radical (unpaired) electrons. The summed E-state index contributed by atoms with van der Waals surface area (Å²) < 4.78 is 5.52. The maximum atomic E-state index is 10.1. The normalized spacial score (nSPS) is 37.5. The van der Waals surface area contributed by atoms with Gasteiger partial charge in [-0.25, -0.2) is 4.79 Å². The number of carboxylic acid groups (broad SMARTS) is 1. The van der Waals surface area contributed by atoms with Crippen LogP contribution in [-0.2, 0) is 9.53 Å². The Bertz CT molecular complexity index is 261. The molecular formula is C9H10O3. The summed E-state index contributed by atoms with van der Waals surface area (Å²) in [6, 6.07) is 0. The maximum absolute atomic E-state index is 10.1. The average molecular weight is 166 g/mol. The second-order valence-electron chi connectivity index (χ2n) is 3.29. The van der Waals surface area contributed by atoms with E-state index < -0.39 is 5.97 Å². The predicted octanol–water partition coefficient (Wildman–Crippen LogP) is 0.642. The van der Waals surface area contributed by atoms with Gasteiger partial charge in [-0.05, 0) is 19.3 Å². The Balaban J connectivity index is 2.00. The van der Waals surface area contributed by atoms with Gasteiger partial charge in [0.1, 0.15) is 0 Å². The van der Waals surface area contributed by atoms with Crippen molar-refractivity contribution >= 4 is 5.97 Å². The molecule has 3 heteroatoms. The zero-order chi connectivity index (χ0) is 8.55. The van der Waals surface area contributed by atoms with E-state index in [-0.39, 0.29) is 12.0 Å². The van der Waals surface area contributed by atoms with Gasteiger partial charge in [0.15, 0.2) is 0 Å². The summed E-state index contributed by atoms with van der Waals surface area (Å²) in [4.78, 5) is 10.1. The van der Waals surface area contributed by atoms with Crippen LogP contribution in [0, 0.1) is 17.8 Å². The quantitative estimate of drug-likeness (QED) is 0.537. The van der Waals surface area contributed by atoms with Crippen molar-refractivity contribution in [2.45, 2.75) is 31.5 Å². The van der Waals surface area contributed by atoms with Crippen LogP contribution in [0.2, 0.25) is 0 Å². The number of carboxylic acids is 1. The highest BCUT2D eigenvalue weighted by atomic mass is 16.5. The van der Waals surface area contributed by atoms with Crippen LogP contribution < -0.4 is 0 Å². The number of carbonyl (C=O) groups is 1. The third kappa shape index (κ3) is 1.30. The summed E-state index contributed by atoms with van der Waals surface area (Å²) in [5.74, 6) is 4.02. The predicted molar refractivity (Wildman–Crippen MR) is 41.4 cm³/mol. The summed E-state index contributed by atoms with van der Waals surface area (Å²) in [7, 11) is 0. The van der Waals surface area contributed by atoms with Crippen LogP contribution in [0.1, 0.15) is 19.3 Å². The molecule has 0 aromatic carbocycles. The Kier molecular flexibility index (Phi) is 1.78.